The molecule has 13 heavy (non-hydrogen) atoms. The molecule has 0 bridgehead atoms. The molecule has 1 N–H and O–H groups in total. The smallest absolute Gasteiger partial charge is 0.0887 e. The molecule has 0 spiro atoms. The third-order valence-electron chi connectivity index (χ3n) is 2.37. The molecule has 2 rings (SSSR count). The Morgan fingerprint density at radius 3 is 3.08 bits per heavy atom. The summed E-state index contributed by atoms with van der Waals surface area (Å²) in [6.45, 7) is 5.13. The van der Waals surface area contributed by atoms with Crippen LogP contribution in [0, 0.1) is 6.92 Å². The maximum absolute atomic E-state index is 4.38. The molecule has 0 amide bonds. The number of nitrogens with one attached hydrogen (secondary N) is 1. The highest BCUT2D eigenvalue weighted by molar-refractivity contribution is 5.82. The van der Waals surface area contributed by atoms with Crippen LogP contribution in [0.25, 0.3) is 0 Å². The van der Waals surface area contributed by atoms with Crippen LogP contribution in [0.2, 0.25) is 0 Å². The molecule has 0 aliphatic carbocycles. The molecule has 1 aromatic rings. The minimum atomic E-state index is 0.847. The normalized spacial score (nSPS) is 13.7. The summed E-state index contributed by atoms with van der Waals surface area (Å²) in [4.78, 5) is 4.38. The van der Waals surface area contributed by atoms with Gasteiger partial charge in [-0.15, -0.1) is 0 Å². The number of anilines is 1. The van der Waals surface area contributed by atoms with Crippen LogP contribution in [0.3, 0.4) is 0 Å². The summed E-state index contributed by atoms with van der Waals surface area (Å²) in [7, 11) is 0. The van der Waals surface area contributed by atoms with Crippen LogP contribution >= 0.6 is 0 Å². The van der Waals surface area contributed by atoms with Gasteiger partial charge in [-0.3, -0.25) is 4.99 Å². The van der Waals surface area contributed by atoms with Crippen LogP contribution in [0.1, 0.15) is 18.1 Å². The van der Waals surface area contributed by atoms with E-state index in [9.17, 15) is 0 Å². The first-order valence-electron chi connectivity index (χ1n) is 4.71. The van der Waals surface area contributed by atoms with Crippen molar-refractivity contribution in [2.24, 2.45) is 4.99 Å². The Hall–Kier alpha value is -1.31. The lowest BCUT2D eigenvalue weighted by Gasteiger charge is -2.15. The van der Waals surface area contributed by atoms with E-state index in [2.05, 4.69) is 36.3 Å². The molecule has 0 unspecified atom stereocenters. The van der Waals surface area contributed by atoms with Crippen LogP contribution in [0.15, 0.2) is 17.1 Å². The standard InChI is InChI=1S/C11H14N2/c1-3-9-6-8(2)11-10(7-9)12-4-5-13-11/h5-7,12H,3-4H2,1-2H3. The van der Waals surface area contributed by atoms with Gasteiger partial charge >= 0.3 is 0 Å². The van der Waals surface area contributed by atoms with Crippen molar-refractivity contribution in [1.82, 2.24) is 0 Å². The van der Waals surface area contributed by atoms with Crippen LogP contribution in [0.5, 0.6) is 0 Å². The van der Waals surface area contributed by atoms with E-state index in [1.807, 2.05) is 6.21 Å². The zero-order valence-corrected chi connectivity index (χ0v) is 8.09. The Morgan fingerprint density at radius 1 is 1.46 bits per heavy atom. The van der Waals surface area contributed by atoms with Crippen molar-refractivity contribution in [2.75, 3.05) is 11.9 Å². The molecule has 1 heterocycles. The molecule has 0 saturated carbocycles. The molecule has 68 valence electrons. The van der Waals surface area contributed by atoms with Crippen molar-refractivity contribution >= 4 is 17.6 Å². The number of hydrogen-bond donors (Lipinski definition) is 1. The Labute approximate surface area is 78.7 Å². The van der Waals surface area contributed by atoms with Gasteiger partial charge in [-0.2, -0.15) is 0 Å². The maximum Gasteiger partial charge on any atom is 0.0887 e. The Kier molecular flexibility index (Phi) is 2.05. The number of aryl methyl sites for hydroxylation is 2. The quantitative estimate of drug-likeness (QED) is 0.695. The van der Waals surface area contributed by atoms with E-state index >= 15 is 0 Å². The lowest BCUT2D eigenvalue weighted by molar-refractivity contribution is 1.12. The second kappa shape index (κ2) is 3.21. The number of nitrogens with zero attached hydrogens (tertiary/aromatic N) is 1. The van der Waals surface area contributed by atoms with Gasteiger partial charge in [0, 0.05) is 6.21 Å². The van der Waals surface area contributed by atoms with E-state index in [4.69, 9.17) is 0 Å². The number of benzene rings is 1. The molecule has 0 atom stereocenters. The van der Waals surface area contributed by atoms with Crippen molar-refractivity contribution in [3.63, 3.8) is 0 Å². The van der Waals surface area contributed by atoms with E-state index < -0.39 is 0 Å². The first kappa shape index (κ1) is 8.30. The molecular weight excluding hydrogens is 160 g/mol. The van der Waals surface area contributed by atoms with Crippen LogP contribution in [0.4, 0.5) is 11.4 Å². The van der Waals surface area contributed by atoms with Gasteiger partial charge in [-0.25, -0.2) is 0 Å². The summed E-state index contributed by atoms with van der Waals surface area (Å²) in [6.07, 6.45) is 3.00. The first-order valence-corrected chi connectivity index (χ1v) is 4.71. The van der Waals surface area contributed by atoms with Crippen molar-refractivity contribution < 1.29 is 0 Å². The van der Waals surface area contributed by atoms with Gasteiger partial charge in [0.05, 0.1) is 17.9 Å². The Balaban J connectivity index is 2.54. The zero-order chi connectivity index (χ0) is 9.26. The van der Waals surface area contributed by atoms with Crippen molar-refractivity contribution in [3.05, 3.63) is 23.3 Å². The Bertz CT molecular complexity index is 353. The third kappa shape index (κ3) is 1.44. The van der Waals surface area contributed by atoms with Crippen LogP contribution < -0.4 is 5.32 Å². The second-order valence-corrected chi connectivity index (χ2v) is 3.36. The van der Waals surface area contributed by atoms with Gasteiger partial charge in [-0.1, -0.05) is 13.0 Å². The van der Waals surface area contributed by atoms with E-state index in [1.165, 1.54) is 16.8 Å². The number of fused-ring (bicyclic) bond motifs is 1. The van der Waals surface area contributed by atoms with E-state index in [-0.39, 0.29) is 0 Å². The lowest BCUT2D eigenvalue weighted by atomic mass is 10.1. The summed E-state index contributed by atoms with van der Waals surface area (Å²) >= 11 is 0. The molecule has 1 aliphatic heterocycles. The van der Waals surface area contributed by atoms with Gasteiger partial charge in [0.1, 0.15) is 0 Å². The summed E-state index contributed by atoms with van der Waals surface area (Å²) < 4.78 is 0. The fraction of sp³-hybridized carbons (Fsp3) is 0.364. The van der Waals surface area contributed by atoms with Crippen LogP contribution in [-0.4, -0.2) is 12.8 Å². The molecule has 0 saturated heterocycles. The van der Waals surface area contributed by atoms with E-state index in [0.29, 0.717) is 0 Å². The SMILES string of the molecule is CCc1cc(C)c2c(c1)NCC=N2. The number of rotatable bonds is 1. The maximum atomic E-state index is 4.38. The monoisotopic (exact) mass is 174 g/mol. The van der Waals surface area contributed by atoms with Crippen molar-refractivity contribution in [3.8, 4) is 0 Å². The molecule has 1 aliphatic rings. The average molecular weight is 174 g/mol. The van der Waals surface area contributed by atoms with Gasteiger partial charge < -0.3 is 5.32 Å². The summed E-state index contributed by atoms with van der Waals surface area (Å²) in [5, 5.41) is 3.33. The van der Waals surface area contributed by atoms with E-state index in [0.717, 1.165) is 18.7 Å². The summed E-state index contributed by atoms with van der Waals surface area (Å²) in [5.41, 5.74) is 4.92. The molecule has 0 fully saturated rings. The predicted molar refractivity (Wildman–Crippen MR) is 57.2 cm³/mol. The minimum absolute atomic E-state index is 0.847. The first-order chi connectivity index (χ1) is 6.31. The predicted octanol–water partition coefficient (Wildman–Crippen LogP) is 2.69. The topological polar surface area (TPSA) is 24.4 Å². The highest BCUT2D eigenvalue weighted by Crippen LogP contribution is 2.31. The molecule has 2 heteroatoms. The Morgan fingerprint density at radius 2 is 2.31 bits per heavy atom. The summed E-state index contributed by atoms with van der Waals surface area (Å²) in [5.74, 6) is 0. The van der Waals surface area contributed by atoms with Gasteiger partial charge in [-0.05, 0) is 30.5 Å². The number of aliphatic imine (C=N–C) groups is 1. The second-order valence-electron chi connectivity index (χ2n) is 3.36. The highest BCUT2D eigenvalue weighted by Gasteiger charge is 2.08. The zero-order valence-electron chi connectivity index (χ0n) is 8.09. The molecule has 1 aromatic carbocycles. The molecule has 2 nitrogen and oxygen atoms in total. The van der Waals surface area contributed by atoms with Crippen LogP contribution in [-0.2, 0) is 6.42 Å². The fourth-order valence-electron chi connectivity index (χ4n) is 1.66. The van der Waals surface area contributed by atoms with Gasteiger partial charge in [0.25, 0.3) is 0 Å². The third-order valence-corrected chi connectivity index (χ3v) is 2.37. The summed E-state index contributed by atoms with van der Waals surface area (Å²) in [6, 6.07) is 4.40. The molecular formula is C11H14N2. The van der Waals surface area contributed by atoms with Crippen molar-refractivity contribution in [2.45, 2.75) is 20.3 Å². The molecule has 0 radical (unpaired) electrons. The molecule has 0 aromatic heterocycles. The minimum Gasteiger partial charge on any atom is -0.378 e. The highest BCUT2D eigenvalue weighted by atomic mass is 15.0. The fourth-order valence-corrected chi connectivity index (χ4v) is 1.66. The average Bonchev–Trinajstić information content (AvgIpc) is 2.18. The van der Waals surface area contributed by atoms with E-state index in [1.54, 1.807) is 0 Å². The number of hydrogen-bond acceptors (Lipinski definition) is 2. The largest absolute Gasteiger partial charge is 0.378 e. The van der Waals surface area contributed by atoms with Crippen molar-refractivity contribution in [1.29, 1.82) is 0 Å². The van der Waals surface area contributed by atoms with Gasteiger partial charge in [0.2, 0.25) is 0 Å². The van der Waals surface area contributed by atoms with Gasteiger partial charge in [0.15, 0.2) is 0 Å². The lowest BCUT2D eigenvalue weighted by Crippen LogP contribution is -2.07.